The van der Waals surface area contributed by atoms with Crippen LogP contribution in [0, 0.1) is 0 Å². The van der Waals surface area contributed by atoms with Gasteiger partial charge in [0.25, 0.3) is 5.91 Å². The number of nitrogens with one attached hydrogen (secondary N) is 2. The number of ether oxygens (including phenoxy) is 1. The molecule has 1 aliphatic rings. The van der Waals surface area contributed by atoms with E-state index in [0.717, 1.165) is 41.6 Å². The molecule has 1 aromatic carbocycles. The molecule has 19 heavy (non-hydrogen) atoms. The Bertz CT molecular complexity index is 451. The molecule has 1 amide bonds. The maximum Gasteiger partial charge on any atom is 0.261 e. The lowest BCUT2D eigenvalue weighted by Gasteiger charge is -2.19. The smallest absolute Gasteiger partial charge is 0.261 e. The van der Waals surface area contributed by atoms with Gasteiger partial charge in [-0.3, -0.25) is 4.79 Å². The lowest BCUT2D eigenvalue weighted by molar-refractivity contribution is -0.127. The number of rotatable bonds is 4. The molecule has 5 heteroatoms. The van der Waals surface area contributed by atoms with Gasteiger partial charge in [0.1, 0.15) is 5.75 Å². The van der Waals surface area contributed by atoms with Crippen molar-refractivity contribution in [3.63, 3.8) is 0 Å². The monoisotopic (exact) mass is 326 g/mol. The molecule has 0 bridgehead atoms. The van der Waals surface area contributed by atoms with Crippen LogP contribution in [0.1, 0.15) is 24.8 Å². The highest BCUT2D eigenvalue weighted by Crippen LogP contribution is 2.31. The maximum absolute atomic E-state index is 11.9. The third-order valence-corrected chi connectivity index (χ3v) is 3.79. The molecule has 104 valence electrons. The van der Waals surface area contributed by atoms with E-state index >= 15 is 0 Å². The zero-order valence-corrected chi connectivity index (χ0v) is 12.6. The van der Waals surface area contributed by atoms with Crippen molar-refractivity contribution in [2.75, 3.05) is 13.6 Å². The standard InChI is InChI=1S/C14H19BrN2O2/c1-16-9-10-5-4-6-11(15)13(10)19-12-7-2-3-8-17-14(12)18/h4-6,12,16H,2-3,7-9H2,1H3,(H,17,18). The Morgan fingerprint density at radius 3 is 3.11 bits per heavy atom. The van der Waals surface area contributed by atoms with Crippen LogP contribution < -0.4 is 15.4 Å². The van der Waals surface area contributed by atoms with Gasteiger partial charge in [0.2, 0.25) is 0 Å². The van der Waals surface area contributed by atoms with Gasteiger partial charge in [0, 0.05) is 18.7 Å². The second kappa shape index (κ2) is 6.91. The highest BCUT2D eigenvalue weighted by molar-refractivity contribution is 9.10. The largest absolute Gasteiger partial charge is 0.479 e. The number of hydrogen-bond donors (Lipinski definition) is 2. The van der Waals surface area contributed by atoms with Gasteiger partial charge in [-0.15, -0.1) is 0 Å². The van der Waals surface area contributed by atoms with Crippen LogP contribution in [0.25, 0.3) is 0 Å². The van der Waals surface area contributed by atoms with Crippen LogP contribution in [0.15, 0.2) is 22.7 Å². The van der Waals surface area contributed by atoms with Gasteiger partial charge in [-0.2, -0.15) is 0 Å². The summed E-state index contributed by atoms with van der Waals surface area (Å²) in [6.07, 6.45) is 2.41. The van der Waals surface area contributed by atoms with Crippen LogP contribution in [0.3, 0.4) is 0 Å². The van der Waals surface area contributed by atoms with E-state index in [1.165, 1.54) is 0 Å². The molecular weight excluding hydrogens is 308 g/mol. The first-order valence-corrected chi connectivity index (χ1v) is 7.38. The van der Waals surface area contributed by atoms with E-state index in [2.05, 4.69) is 26.6 Å². The van der Waals surface area contributed by atoms with Crippen LogP contribution >= 0.6 is 15.9 Å². The molecule has 0 radical (unpaired) electrons. The van der Waals surface area contributed by atoms with Gasteiger partial charge >= 0.3 is 0 Å². The Labute approximate surface area is 122 Å². The van der Waals surface area contributed by atoms with E-state index in [9.17, 15) is 4.79 Å². The molecule has 1 unspecified atom stereocenters. The summed E-state index contributed by atoms with van der Waals surface area (Å²) < 4.78 is 6.85. The first-order valence-electron chi connectivity index (χ1n) is 6.58. The zero-order valence-electron chi connectivity index (χ0n) is 11.0. The van der Waals surface area contributed by atoms with Gasteiger partial charge in [-0.05, 0) is 48.3 Å². The highest BCUT2D eigenvalue weighted by Gasteiger charge is 2.24. The van der Waals surface area contributed by atoms with Crippen molar-refractivity contribution in [2.24, 2.45) is 0 Å². The van der Waals surface area contributed by atoms with E-state index in [-0.39, 0.29) is 5.91 Å². The number of carbonyl (C=O) groups is 1. The van der Waals surface area contributed by atoms with Crippen LogP contribution in [-0.4, -0.2) is 25.6 Å². The third kappa shape index (κ3) is 3.70. The molecule has 0 spiro atoms. The predicted molar refractivity (Wildman–Crippen MR) is 78.2 cm³/mol. The number of benzene rings is 1. The molecule has 0 aromatic heterocycles. The first kappa shape index (κ1) is 14.3. The summed E-state index contributed by atoms with van der Waals surface area (Å²) >= 11 is 3.50. The van der Waals surface area contributed by atoms with Crippen molar-refractivity contribution in [1.82, 2.24) is 10.6 Å². The molecule has 1 atom stereocenters. The minimum Gasteiger partial charge on any atom is -0.479 e. The molecule has 0 aliphatic carbocycles. The van der Waals surface area contributed by atoms with Crippen molar-refractivity contribution in [3.8, 4) is 5.75 Å². The average molecular weight is 327 g/mol. The molecule has 1 aliphatic heterocycles. The molecule has 4 nitrogen and oxygen atoms in total. The fourth-order valence-electron chi connectivity index (χ4n) is 2.18. The fourth-order valence-corrected chi connectivity index (χ4v) is 2.68. The minimum absolute atomic E-state index is 0.0105. The van der Waals surface area contributed by atoms with Crippen LogP contribution in [0.2, 0.25) is 0 Å². The fraction of sp³-hybridized carbons (Fsp3) is 0.500. The SMILES string of the molecule is CNCc1cccc(Br)c1OC1CCCCNC1=O. The summed E-state index contributed by atoms with van der Waals surface area (Å²) in [6.45, 7) is 1.46. The molecule has 2 rings (SSSR count). The summed E-state index contributed by atoms with van der Waals surface area (Å²) in [5.41, 5.74) is 1.05. The van der Waals surface area contributed by atoms with Crippen molar-refractivity contribution < 1.29 is 9.53 Å². The van der Waals surface area contributed by atoms with E-state index in [1.54, 1.807) is 0 Å². The van der Waals surface area contributed by atoms with Gasteiger partial charge in [0.05, 0.1) is 4.47 Å². The Hall–Kier alpha value is -1.07. The van der Waals surface area contributed by atoms with Crippen LogP contribution in [-0.2, 0) is 11.3 Å². The summed E-state index contributed by atoms with van der Waals surface area (Å²) in [4.78, 5) is 11.9. The van der Waals surface area contributed by atoms with Gasteiger partial charge in [-0.1, -0.05) is 12.1 Å². The van der Waals surface area contributed by atoms with E-state index in [1.807, 2.05) is 25.2 Å². The van der Waals surface area contributed by atoms with E-state index in [4.69, 9.17) is 4.74 Å². The van der Waals surface area contributed by atoms with E-state index in [0.29, 0.717) is 6.54 Å². The number of hydrogen-bond acceptors (Lipinski definition) is 3. The summed E-state index contributed by atoms with van der Waals surface area (Å²) in [5.74, 6) is 0.752. The molecule has 1 aromatic rings. The van der Waals surface area contributed by atoms with Crippen molar-refractivity contribution in [2.45, 2.75) is 31.9 Å². The molecular formula is C14H19BrN2O2. The topological polar surface area (TPSA) is 50.4 Å². The lowest BCUT2D eigenvalue weighted by Crippen LogP contribution is -2.36. The van der Waals surface area contributed by atoms with Crippen LogP contribution in [0.4, 0.5) is 0 Å². The van der Waals surface area contributed by atoms with Crippen molar-refractivity contribution >= 4 is 21.8 Å². The highest BCUT2D eigenvalue weighted by atomic mass is 79.9. The number of halogens is 1. The summed E-state index contributed by atoms with van der Waals surface area (Å²) in [5, 5.41) is 6.00. The second-order valence-electron chi connectivity index (χ2n) is 4.65. The zero-order chi connectivity index (χ0) is 13.7. The summed E-state index contributed by atoms with van der Waals surface area (Å²) in [7, 11) is 1.89. The Morgan fingerprint density at radius 1 is 1.47 bits per heavy atom. The lowest BCUT2D eigenvalue weighted by atomic mass is 10.1. The predicted octanol–water partition coefficient (Wildman–Crippen LogP) is 2.22. The maximum atomic E-state index is 11.9. The summed E-state index contributed by atoms with van der Waals surface area (Å²) in [6, 6.07) is 5.91. The van der Waals surface area contributed by atoms with Crippen molar-refractivity contribution in [3.05, 3.63) is 28.2 Å². The second-order valence-corrected chi connectivity index (χ2v) is 5.51. The van der Waals surface area contributed by atoms with Crippen LogP contribution in [0.5, 0.6) is 5.75 Å². The Morgan fingerprint density at radius 2 is 2.32 bits per heavy atom. The minimum atomic E-state index is -0.392. The van der Waals surface area contributed by atoms with Gasteiger partial charge in [-0.25, -0.2) is 0 Å². The number of amides is 1. The first-order chi connectivity index (χ1) is 9.22. The molecule has 0 saturated carbocycles. The van der Waals surface area contributed by atoms with E-state index < -0.39 is 6.10 Å². The van der Waals surface area contributed by atoms with Gasteiger partial charge in [0.15, 0.2) is 6.10 Å². The Balaban J connectivity index is 2.19. The molecule has 2 N–H and O–H groups in total. The number of para-hydroxylation sites is 1. The molecule has 1 fully saturated rings. The van der Waals surface area contributed by atoms with Crippen molar-refractivity contribution in [1.29, 1.82) is 0 Å². The third-order valence-electron chi connectivity index (χ3n) is 3.16. The number of carbonyl (C=O) groups excluding carboxylic acids is 1. The average Bonchev–Trinajstić information content (AvgIpc) is 2.59. The quantitative estimate of drug-likeness (QED) is 0.892. The Kier molecular flexibility index (Phi) is 5.22. The molecule has 1 saturated heterocycles. The molecule has 1 heterocycles. The normalized spacial score (nSPS) is 19.7. The van der Waals surface area contributed by atoms with Gasteiger partial charge < -0.3 is 15.4 Å².